The van der Waals surface area contributed by atoms with Crippen LogP contribution in [0.25, 0.3) is 0 Å². The molecule has 0 aromatic heterocycles. The number of alkyl halides is 2. The Morgan fingerprint density at radius 1 is 1.00 bits per heavy atom. The van der Waals surface area contributed by atoms with Crippen molar-refractivity contribution in [1.29, 1.82) is 0 Å². The summed E-state index contributed by atoms with van der Waals surface area (Å²) < 4.78 is 30.8. The summed E-state index contributed by atoms with van der Waals surface area (Å²) >= 11 is 0. The van der Waals surface area contributed by atoms with Gasteiger partial charge in [0.15, 0.2) is 0 Å². The van der Waals surface area contributed by atoms with Crippen LogP contribution >= 0.6 is 0 Å². The van der Waals surface area contributed by atoms with Crippen LogP contribution in [-0.2, 0) is 4.74 Å². The average molecular weight is 278 g/mol. The topological polar surface area (TPSA) is 15.7 Å². The molecule has 0 aliphatic carbocycles. The quantitative estimate of drug-likeness (QED) is 0.603. The van der Waals surface area contributed by atoms with Gasteiger partial charge >= 0.3 is 0 Å². The highest BCUT2D eigenvalue weighted by atomic mass is 19.3. The number of hydrogen-bond acceptors (Lipinski definition) is 3. The molecule has 0 unspecified atom stereocenters. The molecule has 0 amide bonds. The molecule has 0 spiro atoms. The summed E-state index contributed by atoms with van der Waals surface area (Å²) in [5.74, 6) is -2.65. The van der Waals surface area contributed by atoms with Gasteiger partial charge in [-0.3, -0.25) is 0 Å². The van der Waals surface area contributed by atoms with Crippen LogP contribution in [0.1, 0.15) is 32.1 Å². The van der Waals surface area contributed by atoms with Crippen molar-refractivity contribution < 1.29 is 13.5 Å². The Kier molecular flexibility index (Phi) is 7.80. The Bertz CT molecular complexity index is 231. The molecule has 0 aromatic carbocycles. The van der Waals surface area contributed by atoms with Crippen molar-refractivity contribution in [1.82, 2.24) is 9.80 Å². The van der Waals surface area contributed by atoms with Gasteiger partial charge in [-0.1, -0.05) is 12.8 Å². The first kappa shape index (κ1) is 16.8. The van der Waals surface area contributed by atoms with Crippen LogP contribution in [0.4, 0.5) is 8.78 Å². The highest BCUT2D eigenvalue weighted by molar-refractivity contribution is 4.69. The number of likely N-dealkylation sites (N-methyl/N-ethyl adjacent to an activating group) is 1. The van der Waals surface area contributed by atoms with E-state index >= 15 is 0 Å². The highest BCUT2D eigenvalue weighted by Crippen LogP contribution is 2.22. The highest BCUT2D eigenvalue weighted by Gasteiger charge is 2.27. The minimum Gasteiger partial charge on any atom is -0.378 e. The SMILES string of the molecule is COCC(F)(F)CCCCCCN1CCN(C)CC1. The van der Waals surface area contributed by atoms with Gasteiger partial charge in [0.2, 0.25) is 0 Å². The fourth-order valence-electron chi connectivity index (χ4n) is 2.43. The maximum Gasteiger partial charge on any atom is 0.270 e. The molecule has 3 nitrogen and oxygen atoms in total. The van der Waals surface area contributed by atoms with Crippen molar-refractivity contribution in [3.05, 3.63) is 0 Å². The van der Waals surface area contributed by atoms with Gasteiger partial charge in [0.25, 0.3) is 5.92 Å². The van der Waals surface area contributed by atoms with Crippen molar-refractivity contribution in [2.24, 2.45) is 0 Å². The van der Waals surface area contributed by atoms with Gasteiger partial charge in [-0.25, -0.2) is 8.78 Å². The molecule has 0 aromatic rings. The first-order chi connectivity index (χ1) is 9.03. The number of hydrogen-bond donors (Lipinski definition) is 0. The van der Waals surface area contributed by atoms with Crippen LogP contribution in [0.5, 0.6) is 0 Å². The zero-order chi connectivity index (χ0) is 14.1. The largest absolute Gasteiger partial charge is 0.378 e. The molecular formula is C14H28F2N2O. The Morgan fingerprint density at radius 3 is 2.26 bits per heavy atom. The van der Waals surface area contributed by atoms with E-state index in [0.29, 0.717) is 6.42 Å². The van der Waals surface area contributed by atoms with E-state index in [2.05, 4.69) is 21.6 Å². The van der Waals surface area contributed by atoms with Gasteiger partial charge in [-0.15, -0.1) is 0 Å². The van der Waals surface area contributed by atoms with E-state index in [1.165, 1.54) is 7.11 Å². The average Bonchev–Trinajstić information content (AvgIpc) is 2.35. The zero-order valence-electron chi connectivity index (χ0n) is 12.3. The summed E-state index contributed by atoms with van der Waals surface area (Å²) in [4.78, 5) is 4.81. The second kappa shape index (κ2) is 8.82. The Morgan fingerprint density at radius 2 is 1.63 bits per heavy atom. The number of ether oxygens (including phenoxy) is 1. The lowest BCUT2D eigenvalue weighted by atomic mass is 10.1. The summed E-state index contributed by atoms with van der Waals surface area (Å²) in [6.45, 7) is 5.23. The van der Waals surface area contributed by atoms with Crippen LogP contribution in [0.15, 0.2) is 0 Å². The van der Waals surface area contributed by atoms with Gasteiger partial charge in [-0.05, 0) is 26.4 Å². The van der Waals surface area contributed by atoms with E-state index in [9.17, 15) is 8.78 Å². The van der Waals surface area contributed by atoms with Crippen molar-refractivity contribution >= 4 is 0 Å². The number of piperazine rings is 1. The molecule has 1 aliphatic heterocycles. The number of nitrogens with zero attached hydrogens (tertiary/aromatic N) is 2. The fraction of sp³-hybridized carbons (Fsp3) is 1.00. The monoisotopic (exact) mass is 278 g/mol. The van der Waals surface area contributed by atoms with E-state index in [1.807, 2.05) is 0 Å². The lowest BCUT2D eigenvalue weighted by Crippen LogP contribution is -2.44. The lowest BCUT2D eigenvalue weighted by Gasteiger charge is -2.32. The number of unbranched alkanes of at least 4 members (excludes halogenated alkanes) is 3. The number of methoxy groups -OCH3 is 1. The molecule has 1 saturated heterocycles. The van der Waals surface area contributed by atoms with Crippen molar-refractivity contribution in [3.63, 3.8) is 0 Å². The normalized spacial score (nSPS) is 18.9. The minimum atomic E-state index is -2.65. The van der Waals surface area contributed by atoms with Crippen LogP contribution < -0.4 is 0 Å². The Balaban J connectivity index is 1.94. The third kappa shape index (κ3) is 7.80. The van der Waals surface area contributed by atoms with Crippen molar-refractivity contribution in [3.8, 4) is 0 Å². The predicted molar refractivity (Wildman–Crippen MR) is 73.8 cm³/mol. The van der Waals surface area contributed by atoms with E-state index in [4.69, 9.17) is 0 Å². The smallest absolute Gasteiger partial charge is 0.270 e. The van der Waals surface area contributed by atoms with Gasteiger partial charge < -0.3 is 14.5 Å². The molecule has 114 valence electrons. The third-order valence-corrected chi connectivity index (χ3v) is 3.72. The second-order valence-electron chi connectivity index (χ2n) is 5.60. The lowest BCUT2D eigenvalue weighted by molar-refractivity contribution is -0.0711. The second-order valence-corrected chi connectivity index (χ2v) is 5.60. The van der Waals surface area contributed by atoms with Gasteiger partial charge in [-0.2, -0.15) is 0 Å². The van der Waals surface area contributed by atoms with Crippen LogP contribution in [-0.4, -0.2) is 69.2 Å². The maximum atomic E-state index is 13.1. The van der Waals surface area contributed by atoms with Crippen molar-refractivity contribution in [2.45, 2.75) is 38.0 Å². The van der Waals surface area contributed by atoms with E-state index < -0.39 is 12.5 Å². The maximum absolute atomic E-state index is 13.1. The molecule has 0 bridgehead atoms. The summed E-state index contributed by atoms with van der Waals surface area (Å²) in [5.41, 5.74) is 0. The molecule has 0 saturated carbocycles. The van der Waals surface area contributed by atoms with Crippen molar-refractivity contribution in [2.75, 3.05) is 53.5 Å². The molecule has 1 heterocycles. The van der Waals surface area contributed by atoms with Gasteiger partial charge in [0.1, 0.15) is 6.61 Å². The predicted octanol–water partition coefficient (Wildman–Crippen LogP) is 2.47. The van der Waals surface area contributed by atoms with E-state index in [0.717, 1.165) is 52.0 Å². The third-order valence-electron chi connectivity index (χ3n) is 3.72. The summed E-state index contributed by atoms with van der Waals surface area (Å²) in [7, 11) is 3.47. The molecule has 0 radical (unpaired) electrons. The fourth-order valence-corrected chi connectivity index (χ4v) is 2.43. The number of halogens is 2. The first-order valence-corrected chi connectivity index (χ1v) is 7.31. The molecule has 19 heavy (non-hydrogen) atoms. The van der Waals surface area contributed by atoms with Gasteiger partial charge in [0.05, 0.1) is 0 Å². The summed E-state index contributed by atoms with van der Waals surface area (Å²) in [5, 5.41) is 0. The molecule has 1 rings (SSSR count). The molecule has 5 heteroatoms. The first-order valence-electron chi connectivity index (χ1n) is 7.31. The Labute approximate surface area is 115 Å². The number of rotatable bonds is 9. The minimum absolute atomic E-state index is 0.0463. The van der Waals surface area contributed by atoms with Crippen LogP contribution in [0.3, 0.4) is 0 Å². The van der Waals surface area contributed by atoms with Crippen LogP contribution in [0, 0.1) is 0 Å². The van der Waals surface area contributed by atoms with Crippen LogP contribution in [0.2, 0.25) is 0 Å². The molecular weight excluding hydrogens is 250 g/mol. The van der Waals surface area contributed by atoms with E-state index in [-0.39, 0.29) is 6.42 Å². The molecule has 0 atom stereocenters. The summed E-state index contributed by atoms with van der Waals surface area (Å²) in [6.07, 6.45) is 3.62. The Hall–Kier alpha value is -0.260. The standard InChI is InChI=1S/C14H28F2N2O/c1-17-9-11-18(12-10-17)8-6-4-3-5-7-14(15,16)13-19-2/h3-13H2,1-2H3. The van der Waals surface area contributed by atoms with Gasteiger partial charge in [0, 0.05) is 39.7 Å². The van der Waals surface area contributed by atoms with E-state index in [1.54, 1.807) is 0 Å². The molecule has 0 N–H and O–H groups in total. The molecule has 1 fully saturated rings. The summed E-state index contributed by atoms with van der Waals surface area (Å²) in [6, 6.07) is 0. The molecule has 1 aliphatic rings. The zero-order valence-corrected chi connectivity index (χ0v) is 12.3.